The van der Waals surface area contributed by atoms with Crippen molar-refractivity contribution < 1.29 is 41.4 Å². The quantitative estimate of drug-likeness (QED) is 0.527. The van der Waals surface area contributed by atoms with Crippen LogP contribution >= 0.6 is 0 Å². The molecule has 0 saturated heterocycles. The Bertz CT molecular complexity index is 1430. The molecule has 1 aliphatic rings. The molecule has 0 saturated carbocycles. The second-order valence-electron chi connectivity index (χ2n) is 7.34. The van der Waals surface area contributed by atoms with E-state index in [-0.39, 0.29) is 35.7 Å². The molecule has 0 aliphatic carbocycles. The molecule has 9 nitrogen and oxygen atoms in total. The van der Waals surface area contributed by atoms with Crippen LogP contribution in [0.2, 0.25) is 0 Å². The normalized spacial score (nSPS) is 12.9. The third-order valence-corrected chi connectivity index (χ3v) is 7.05. The van der Waals surface area contributed by atoms with Gasteiger partial charge in [-0.3, -0.25) is 9.10 Å². The lowest BCUT2D eigenvalue weighted by Gasteiger charge is -2.31. The molecular formula is C23H18F2N2O7S. The maximum absolute atomic E-state index is 14.8. The van der Waals surface area contributed by atoms with Crippen LogP contribution in [0.5, 0.6) is 11.5 Å². The minimum absolute atomic E-state index is 0.00665. The summed E-state index contributed by atoms with van der Waals surface area (Å²) in [5, 5.41) is 11.6. The fourth-order valence-electron chi connectivity index (χ4n) is 3.50. The van der Waals surface area contributed by atoms with E-state index >= 15 is 0 Å². The van der Waals surface area contributed by atoms with Gasteiger partial charge in [-0.25, -0.2) is 22.0 Å². The standard InChI is InChI=1S/C23H18F2N2O7S/c1-33-21-16(24)7-9-19(20(21)25)35(31,32)27-10-11-34-18-8-4-14(12-17(18)27)22(28)26-15-5-2-13(3-6-15)23(29)30/h2-9,12H,10-11H2,1H3,(H,26,28)(H,29,30). The Kier molecular flexibility index (Phi) is 6.31. The van der Waals surface area contributed by atoms with Gasteiger partial charge in [-0.1, -0.05) is 0 Å². The lowest BCUT2D eigenvalue weighted by molar-refractivity contribution is 0.0696. The minimum Gasteiger partial charge on any atom is -0.491 e. The summed E-state index contributed by atoms with van der Waals surface area (Å²) in [6.07, 6.45) is 0. The average Bonchev–Trinajstić information content (AvgIpc) is 2.83. The highest BCUT2D eigenvalue weighted by Crippen LogP contribution is 2.38. The number of nitrogens with zero attached hydrogens (tertiary/aromatic N) is 1. The number of aromatic carboxylic acids is 1. The molecular weight excluding hydrogens is 486 g/mol. The number of carboxylic acids is 1. The van der Waals surface area contributed by atoms with Crippen molar-refractivity contribution in [1.82, 2.24) is 0 Å². The van der Waals surface area contributed by atoms with Crippen LogP contribution in [0.1, 0.15) is 20.7 Å². The largest absolute Gasteiger partial charge is 0.491 e. The molecule has 0 fully saturated rings. The third-order valence-electron chi connectivity index (χ3n) is 5.22. The summed E-state index contributed by atoms with van der Waals surface area (Å²) in [4.78, 5) is 22.9. The van der Waals surface area contributed by atoms with Crippen LogP contribution in [0, 0.1) is 11.6 Å². The predicted molar refractivity (Wildman–Crippen MR) is 121 cm³/mol. The Labute approximate surface area is 198 Å². The third kappa shape index (κ3) is 4.47. The van der Waals surface area contributed by atoms with Crippen LogP contribution < -0.4 is 19.1 Å². The first-order valence-electron chi connectivity index (χ1n) is 10.1. The number of anilines is 2. The van der Waals surface area contributed by atoms with Crippen molar-refractivity contribution in [3.05, 3.63) is 77.4 Å². The summed E-state index contributed by atoms with van der Waals surface area (Å²) >= 11 is 0. The summed E-state index contributed by atoms with van der Waals surface area (Å²) in [5.41, 5.74) is 0.417. The van der Waals surface area contributed by atoms with Crippen LogP contribution in [0.3, 0.4) is 0 Å². The number of carbonyl (C=O) groups excluding carboxylic acids is 1. The zero-order valence-electron chi connectivity index (χ0n) is 18.1. The Morgan fingerprint density at radius 1 is 1.06 bits per heavy atom. The molecule has 35 heavy (non-hydrogen) atoms. The highest BCUT2D eigenvalue weighted by Gasteiger charge is 2.34. The number of hydrogen-bond acceptors (Lipinski definition) is 6. The highest BCUT2D eigenvalue weighted by molar-refractivity contribution is 7.92. The lowest BCUT2D eigenvalue weighted by atomic mass is 10.1. The molecule has 0 radical (unpaired) electrons. The smallest absolute Gasteiger partial charge is 0.335 e. The Morgan fingerprint density at radius 2 is 1.74 bits per heavy atom. The van der Waals surface area contributed by atoms with Gasteiger partial charge in [-0.05, 0) is 54.6 Å². The molecule has 2 N–H and O–H groups in total. The molecule has 3 aromatic rings. The number of hydrogen-bond donors (Lipinski definition) is 2. The van der Waals surface area contributed by atoms with E-state index in [9.17, 15) is 26.8 Å². The number of ether oxygens (including phenoxy) is 2. The first-order chi connectivity index (χ1) is 16.6. The number of halogens is 2. The number of fused-ring (bicyclic) bond motifs is 1. The Balaban J connectivity index is 1.68. The lowest BCUT2D eigenvalue weighted by Crippen LogP contribution is -2.38. The van der Waals surface area contributed by atoms with Crippen LogP contribution in [0.15, 0.2) is 59.5 Å². The number of carbonyl (C=O) groups is 2. The number of rotatable bonds is 6. The molecule has 0 unspecified atom stereocenters. The Hall–Kier alpha value is -4.19. The Morgan fingerprint density at radius 3 is 2.40 bits per heavy atom. The topological polar surface area (TPSA) is 122 Å². The van der Waals surface area contributed by atoms with Gasteiger partial charge in [0.1, 0.15) is 17.3 Å². The van der Waals surface area contributed by atoms with E-state index in [1.807, 2.05) is 0 Å². The summed E-state index contributed by atoms with van der Waals surface area (Å²) in [6, 6.07) is 11.1. The zero-order valence-corrected chi connectivity index (χ0v) is 18.9. The number of methoxy groups -OCH3 is 1. The predicted octanol–water partition coefficient (Wildman–Crippen LogP) is 3.51. The fraction of sp³-hybridized carbons (Fsp3) is 0.130. The molecule has 0 bridgehead atoms. The zero-order chi connectivity index (χ0) is 25.3. The molecule has 1 heterocycles. The fourth-order valence-corrected chi connectivity index (χ4v) is 5.02. The summed E-state index contributed by atoms with van der Waals surface area (Å²) < 4.78 is 66.3. The monoisotopic (exact) mass is 504 g/mol. The van der Waals surface area contributed by atoms with Crippen molar-refractivity contribution in [2.75, 3.05) is 29.9 Å². The summed E-state index contributed by atoms with van der Waals surface area (Å²) in [5.74, 6) is -4.83. The van der Waals surface area contributed by atoms with E-state index in [0.29, 0.717) is 5.69 Å². The second-order valence-corrected chi connectivity index (χ2v) is 9.17. The summed E-state index contributed by atoms with van der Waals surface area (Å²) in [6.45, 7) is -0.218. The molecule has 3 aromatic carbocycles. The molecule has 182 valence electrons. The van der Waals surface area contributed by atoms with Crippen LogP contribution in [-0.4, -0.2) is 45.7 Å². The van der Waals surface area contributed by atoms with Gasteiger partial charge in [0.25, 0.3) is 15.9 Å². The van der Waals surface area contributed by atoms with E-state index < -0.39 is 44.2 Å². The van der Waals surface area contributed by atoms with Crippen molar-refractivity contribution in [2.45, 2.75) is 4.90 Å². The van der Waals surface area contributed by atoms with Crippen molar-refractivity contribution in [1.29, 1.82) is 0 Å². The first-order valence-corrected chi connectivity index (χ1v) is 11.5. The number of benzene rings is 3. The maximum Gasteiger partial charge on any atom is 0.335 e. The van der Waals surface area contributed by atoms with Gasteiger partial charge in [0.15, 0.2) is 17.4 Å². The molecule has 1 amide bonds. The van der Waals surface area contributed by atoms with Crippen molar-refractivity contribution in [3.8, 4) is 11.5 Å². The van der Waals surface area contributed by atoms with Gasteiger partial charge in [-0.2, -0.15) is 0 Å². The second kappa shape index (κ2) is 9.22. The van der Waals surface area contributed by atoms with Gasteiger partial charge in [0.05, 0.1) is 24.9 Å². The van der Waals surface area contributed by atoms with Gasteiger partial charge in [-0.15, -0.1) is 0 Å². The summed E-state index contributed by atoms with van der Waals surface area (Å²) in [7, 11) is -3.51. The number of amides is 1. The van der Waals surface area contributed by atoms with Crippen molar-refractivity contribution in [3.63, 3.8) is 0 Å². The van der Waals surface area contributed by atoms with Gasteiger partial charge < -0.3 is 19.9 Å². The molecule has 1 aliphatic heterocycles. The molecule has 0 atom stereocenters. The average molecular weight is 504 g/mol. The van der Waals surface area contributed by atoms with Gasteiger partial charge >= 0.3 is 5.97 Å². The van der Waals surface area contributed by atoms with E-state index in [4.69, 9.17) is 9.84 Å². The van der Waals surface area contributed by atoms with Crippen LogP contribution in [-0.2, 0) is 10.0 Å². The molecule has 0 spiro atoms. The molecule has 4 rings (SSSR count). The first kappa shape index (κ1) is 24.0. The number of sulfonamides is 1. The van der Waals surface area contributed by atoms with Gasteiger partial charge in [0.2, 0.25) is 0 Å². The van der Waals surface area contributed by atoms with E-state index in [0.717, 1.165) is 23.5 Å². The van der Waals surface area contributed by atoms with E-state index in [1.165, 1.54) is 42.5 Å². The maximum atomic E-state index is 14.8. The van der Waals surface area contributed by atoms with Crippen LogP contribution in [0.4, 0.5) is 20.2 Å². The minimum atomic E-state index is -4.53. The van der Waals surface area contributed by atoms with E-state index in [2.05, 4.69) is 10.1 Å². The highest BCUT2D eigenvalue weighted by atomic mass is 32.2. The number of carboxylic acid groups (broad SMARTS) is 1. The SMILES string of the molecule is COc1c(F)ccc(S(=O)(=O)N2CCOc3ccc(C(=O)Nc4ccc(C(=O)O)cc4)cc32)c1F. The van der Waals surface area contributed by atoms with Crippen molar-refractivity contribution >= 4 is 33.3 Å². The van der Waals surface area contributed by atoms with Crippen LogP contribution in [0.25, 0.3) is 0 Å². The molecule has 0 aromatic heterocycles. The van der Waals surface area contributed by atoms with E-state index in [1.54, 1.807) is 0 Å². The van der Waals surface area contributed by atoms with Crippen molar-refractivity contribution in [2.24, 2.45) is 0 Å². The van der Waals surface area contributed by atoms with Gasteiger partial charge in [0, 0.05) is 11.3 Å². The molecule has 12 heteroatoms. The number of nitrogens with one attached hydrogen (secondary N) is 1.